The third-order valence-electron chi connectivity index (χ3n) is 3.64. The van der Waals surface area contributed by atoms with E-state index in [1.54, 1.807) is 17.5 Å². The molecule has 22 heavy (non-hydrogen) atoms. The maximum Gasteiger partial charge on any atom is 0.125 e. The van der Waals surface area contributed by atoms with E-state index in [4.69, 9.17) is 0 Å². The Morgan fingerprint density at radius 2 is 2.00 bits per heavy atom. The van der Waals surface area contributed by atoms with E-state index in [2.05, 4.69) is 39.9 Å². The first-order chi connectivity index (χ1) is 10.7. The topological polar surface area (TPSA) is 41.9 Å². The van der Waals surface area contributed by atoms with Crippen LogP contribution in [0, 0.1) is 0 Å². The Morgan fingerprint density at radius 1 is 1.09 bits per heavy atom. The van der Waals surface area contributed by atoms with E-state index in [0.717, 1.165) is 22.8 Å². The van der Waals surface area contributed by atoms with Crippen LogP contribution in [-0.2, 0) is 6.54 Å². The Bertz CT molecular complexity index is 712. The predicted molar refractivity (Wildman–Crippen MR) is 89.5 cm³/mol. The smallest absolute Gasteiger partial charge is 0.125 e. The van der Waals surface area contributed by atoms with Crippen molar-refractivity contribution in [3.05, 3.63) is 65.7 Å². The molecule has 0 saturated heterocycles. The second-order valence-corrected chi connectivity index (χ2v) is 6.33. The van der Waals surface area contributed by atoms with Gasteiger partial charge in [-0.25, -0.2) is 4.98 Å². The van der Waals surface area contributed by atoms with Gasteiger partial charge in [0.15, 0.2) is 0 Å². The fourth-order valence-corrected chi connectivity index (χ4v) is 3.20. The first kappa shape index (κ1) is 14.8. The zero-order valence-corrected chi connectivity index (χ0v) is 13.5. The maximum absolute atomic E-state index is 4.51. The van der Waals surface area contributed by atoms with E-state index in [9.17, 15) is 0 Å². The van der Waals surface area contributed by atoms with Gasteiger partial charge in [0.05, 0.1) is 5.69 Å². The Morgan fingerprint density at radius 3 is 2.73 bits per heavy atom. The van der Waals surface area contributed by atoms with Crippen molar-refractivity contribution in [3.8, 4) is 10.6 Å². The van der Waals surface area contributed by atoms with E-state index in [0.29, 0.717) is 0 Å². The van der Waals surface area contributed by atoms with Gasteiger partial charge in [-0.3, -0.25) is 14.9 Å². The van der Waals surface area contributed by atoms with E-state index in [1.807, 2.05) is 42.9 Å². The van der Waals surface area contributed by atoms with Crippen LogP contribution in [0.15, 0.2) is 55.1 Å². The molecule has 3 heterocycles. The average Bonchev–Trinajstić information content (AvgIpc) is 3.04. The van der Waals surface area contributed by atoms with Crippen molar-refractivity contribution in [1.29, 1.82) is 0 Å². The van der Waals surface area contributed by atoms with Gasteiger partial charge in [0, 0.05) is 47.8 Å². The van der Waals surface area contributed by atoms with E-state index < -0.39 is 0 Å². The lowest BCUT2D eigenvalue weighted by atomic mass is 10.2. The number of hydrogen-bond donors (Lipinski definition) is 0. The van der Waals surface area contributed by atoms with Crippen LogP contribution in [-0.4, -0.2) is 26.9 Å². The van der Waals surface area contributed by atoms with E-state index >= 15 is 0 Å². The van der Waals surface area contributed by atoms with Crippen molar-refractivity contribution >= 4 is 11.3 Å². The first-order valence-corrected chi connectivity index (χ1v) is 8.02. The van der Waals surface area contributed by atoms with Crippen molar-refractivity contribution in [1.82, 2.24) is 19.9 Å². The molecule has 0 aliphatic carbocycles. The summed E-state index contributed by atoms with van der Waals surface area (Å²) in [6, 6.07) is 10.3. The molecule has 4 nitrogen and oxygen atoms in total. The summed E-state index contributed by atoms with van der Waals surface area (Å²) in [5, 5.41) is 1.02. The maximum atomic E-state index is 4.51. The Balaban J connectivity index is 1.70. The molecular formula is C17H18N4S. The molecule has 112 valence electrons. The predicted octanol–water partition coefficient (Wildman–Crippen LogP) is 3.79. The van der Waals surface area contributed by atoms with Crippen LogP contribution < -0.4 is 0 Å². The molecule has 0 fully saturated rings. The van der Waals surface area contributed by atoms with Crippen molar-refractivity contribution in [2.45, 2.75) is 19.5 Å². The molecule has 1 atom stereocenters. The minimum Gasteiger partial charge on any atom is -0.293 e. The van der Waals surface area contributed by atoms with Crippen molar-refractivity contribution in [2.24, 2.45) is 0 Å². The molecule has 3 aromatic rings. The highest BCUT2D eigenvalue weighted by Crippen LogP contribution is 2.26. The highest BCUT2D eigenvalue weighted by atomic mass is 32.1. The summed E-state index contributed by atoms with van der Waals surface area (Å²) in [6.45, 7) is 3.03. The van der Waals surface area contributed by atoms with Crippen LogP contribution in [0.4, 0.5) is 0 Å². The number of nitrogens with zero attached hydrogens (tertiary/aromatic N) is 4. The summed E-state index contributed by atoms with van der Waals surface area (Å²) >= 11 is 1.71. The third-order valence-corrected chi connectivity index (χ3v) is 4.68. The van der Waals surface area contributed by atoms with Gasteiger partial charge >= 0.3 is 0 Å². The molecule has 0 bridgehead atoms. The summed E-state index contributed by atoms with van der Waals surface area (Å²) in [6.07, 6.45) is 7.42. The molecule has 0 saturated carbocycles. The number of thiazole rings is 1. The lowest BCUT2D eigenvalue weighted by Gasteiger charge is -2.23. The molecule has 0 aliphatic rings. The van der Waals surface area contributed by atoms with E-state index in [-0.39, 0.29) is 6.04 Å². The van der Waals surface area contributed by atoms with Gasteiger partial charge in [-0.15, -0.1) is 11.3 Å². The summed E-state index contributed by atoms with van der Waals surface area (Å²) in [7, 11) is 2.11. The van der Waals surface area contributed by atoms with Gasteiger partial charge in [-0.1, -0.05) is 6.07 Å². The van der Waals surface area contributed by atoms with Crippen LogP contribution in [0.3, 0.4) is 0 Å². The van der Waals surface area contributed by atoms with Crippen LogP contribution in [0.5, 0.6) is 0 Å². The normalized spacial score (nSPS) is 12.5. The second-order valence-electron chi connectivity index (χ2n) is 5.22. The number of hydrogen-bond acceptors (Lipinski definition) is 5. The van der Waals surface area contributed by atoms with Crippen molar-refractivity contribution in [2.75, 3.05) is 7.05 Å². The molecule has 3 rings (SSSR count). The SMILES string of the molecule is C[C@@H](c1ccccn1)N(C)Cc1cnc(-c2cccnc2)s1. The van der Waals surface area contributed by atoms with Crippen LogP contribution in [0.2, 0.25) is 0 Å². The summed E-state index contributed by atoms with van der Waals surface area (Å²) < 4.78 is 0. The largest absolute Gasteiger partial charge is 0.293 e. The Labute approximate surface area is 134 Å². The number of rotatable bonds is 5. The van der Waals surface area contributed by atoms with Gasteiger partial charge in [0.1, 0.15) is 5.01 Å². The molecule has 0 spiro atoms. The Hall–Kier alpha value is -2.11. The molecule has 0 aliphatic heterocycles. The van der Waals surface area contributed by atoms with Gasteiger partial charge in [0.2, 0.25) is 0 Å². The molecule has 0 N–H and O–H groups in total. The fourth-order valence-electron chi connectivity index (χ4n) is 2.23. The molecule has 0 aromatic carbocycles. The molecular weight excluding hydrogens is 292 g/mol. The highest BCUT2D eigenvalue weighted by Gasteiger charge is 2.14. The quantitative estimate of drug-likeness (QED) is 0.719. The summed E-state index contributed by atoms with van der Waals surface area (Å²) in [5.74, 6) is 0. The summed E-state index contributed by atoms with van der Waals surface area (Å²) in [4.78, 5) is 16.6. The second kappa shape index (κ2) is 6.77. The number of pyridine rings is 2. The first-order valence-electron chi connectivity index (χ1n) is 7.20. The zero-order valence-electron chi connectivity index (χ0n) is 12.7. The van der Waals surface area contributed by atoms with Gasteiger partial charge in [0.25, 0.3) is 0 Å². The van der Waals surface area contributed by atoms with Gasteiger partial charge in [-0.05, 0) is 38.2 Å². The van der Waals surface area contributed by atoms with Crippen LogP contribution in [0.25, 0.3) is 10.6 Å². The minimum absolute atomic E-state index is 0.269. The zero-order chi connectivity index (χ0) is 15.4. The van der Waals surface area contributed by atoms with Gasteiger partial charge in [-0.2, -0.15) is 0 Å². The Kier molecular flexibility index (Phi) is 4.56. The van der Waals surface area contributed by atoms with E-state index in [1.165, 1.54) is 4.88 Å². The lowest BCUT2D eigenvalue weighted by molar-refractivity contribution is 0.250. The molecule has 0 amide bonds. The third kappa shape index (κ3) is 3.37. The number of aromatic nitrogens is 3. The van der Waals surface area contributed by atoms with Crippen molar-refractivity contribution in [3.63, 3.8) is 0 Å². The molecule has 3 aromatic heterocycles. The highest BCUT2D eigenvalue weighted by molar-refractivity contribution is 7.15. The molecule has 0 radical (unpaired) electrons. The lowest BCUT2D eigenvalue weighted by Crippen LogP contribution is -2.22. The van der Waals surface area contributed by atoms with Crippen molar-refractivity contribution < 1.29 is 0 Å². The standard InChI is InChI=1S/C17H18N4S/c1-13(16-7-3-4-9-19-16)21(2)12-15-11-20-17(22-15)14-6-5-8-18-10-14/h3-11,13H,12H2,1-2H3/t13-/m0/s1. The van der Waals surface area contributed by atoms with Crippen LogP contribution >= 0.6 is 11.3 Å². The summed E-state index contributed by atoms with van der Waals surface area (Å²) in [5.41, 5.74) is 2.15. The molecule has 5 heteroatoms. The fraction of sp³-hybridized carbons (Fsp3) is 0.235. The van der Waals surface area contributed by atoms with Crippen LogP contribution in [0.1, 0.15) is 23.5 Å². The minimum atomic E-state index is 0.269. The van der Waals surface area contributed by atoms with Gasteiger partial charge < -0.3 is 0 Å². The monoisotopic (exact) mass is 310 g/mol. The average molecular weight is 310 g/mol. The molecule has 0 unspecified atom stereocenters.